The van der Waals surface area contributed by atoms with Crippen LogP contribution in [0.1, 0.15) is 11.3 Å². The third-order valence-corrected chi connectivity index (χ3v) is 2.77. The van der Waals surface area contributed by atoms with Crippen molar-refractivity contribution in [3.8, 4) is 11.3 Å². The van der Waals surface area contributed by atoms with E-state index in [1.165, 1.54) is 6.07 Å². The Morgan fingerprint density at radius 3 is 2.63 bits per heavy atom. The molecule has 0 aliphatic rings. The molecular weight excluding hydrogens is 255 g/mol. The van der Waals surface area contributed by atoms with E-state index in [-0.39, 0.29) is 0 Å². The van der Waals surface area contributed by atoms with E-state index in [1.807, 2.05) is 0 Å². The van der Waals surface area contributed by atoms with Gasteiger partial charge < -0.3 is 5.32 Å². The number of nitrogens with one attached hydrogen (secondary N) is 1. The Kier molecular flexibility index (Phi) is 3.61. The fourth-order valence-electron chi connectivity index (χ4n) is 1.92. The van der Waals surface area contributed by atoms with Gasteiger partial charge >= 0.3 is 6.18 Å². The number of aromatic nitrogens is 2. The van der Waals surface area contributed by atoms with Crippen LogP contribution in [0.15, 0.2) is 30.3 Å². The summed E-state index contributed by atoms with van der Waals surface area (Å²) in [6.45, 7) is 0.576. The summed E-state index contributed by atoms with van der Waals surface area (Å²) in [5, 5.41) is 7.20. The molecule has 6 heteroatoms. The SMILES string of the molecule is CNCc1cc(-c2cccc(C(F)(F)F)c2)n(C)n1. The first-order chi connectivity index (χ1) is 8.91. The van der Waals surface area contributed by atoms with Gasteiger partial charge in [-0.2, -0.15) is 18.3 Å². The Hall–Kier alpha value is -1.82. The molecule has 0 saturated heterocycles. The molecule has 3 nitrogen and oxygen atoms in total. The Morgan fingerprint density at radius 1 is 1.26 bits per heavy atom. The average Bonchev–Trinajstić information content (AvgIpc) is 2.70. The number of hydrogen-bond donors (Lipinski definition) is 1. The molecule has 19 heavy (non-hydrogen) atoms. The van der Waals surface area contributed by atoms with Crippen molar-refractivity contribution in [2.75, 3.05) is 7.05 Å². The largest absolute Gasteiger partial charge is 0.416 e. The molecule has 0 atom stereocenters. The third-order valence-electron chi connectivity index (χ3n) is 2.77. The second-order valence-electron chi connectivity index (χ2n) is 4.25. The molecule has 0 saturated carbocycles. The van der Waals surface area contributed by atoms with Gasteiger partial charge in [0.2, 0.25) is 0 Å². The summed E-state index contributed by atoms with van der Waals surface area (Å²) in [7, 11) is 3.51. The van der Waals surface area contributed by atoms with Crippen molar-refractivity contribution in [3.05, 3.63) is 41.6 Å². The second kappa shape index (κ2) is 5.05. The van der Waals surface area contributed by atoms with Crippen molar-refractivity contribution in [2.24, 2.45) is 7.05 Å². The number of rotatable bonds is 3. The van der Waals surface area contributed by atoms with Crippen LogP contribution in [0.3, 0.4) is 0 Å². The first-order valence-electron chi connectivity index (χ1n) is 5.77. The Labute approximate surface area is 109 Å². The quantitative estimate of drug-likeness (QED) is 0.928. The van der Waals surface area contributed by atoms with E-state index in [0.29, 0.717) is 17.8 Å². The highest BCUT2D eigenvalue weighted by Gasteiger charge is 2.30. The number of aryl methyl sites for hydroxylation is 1. The fourth-order valence-corrected chi connectivity index (χ4v) is 1.92. The van der Waals surface area contributed by atoms with Crippen LogP contribution in [-0.2, 0) is 19.8 Å². The summed E-state index contributed by atoms with van der Waals surface area (Å²) in [5.41, 5.74) is 1.31. The minimum absolute atomic E-state index is 0.507. The Morgan fingerprint density at radius 2 is 2.00 bits per heavy atom. The molecule has 0 amide bonds. The first kappa shape index (κ1) is 13.6. The topological polar surface area (TPSA) is 29.9 Å². The molecule has 2 aromatic rings. The van der Waals surface area contributed by atoms with Gasteiger partial charge in [-0.1, -0.05) is 12.1 Å². The van der Waals surface area contributed by atoms with E-state index in [1.54, 1.807) is 30.9 Å². The number of alkyl halides is 3. The van der Waals surface area contributed by atoms with Crippen molar-refractivity contribution >= 4 is 0 Å². The van der Waals surface area contributed by atoms with Crippen LogP contribution < -0.4 is 5.32 Å². The van der Waals surface area contributed by atoms with Gasteiger partial charge in [0.15, 0.2) is 0 Å². The molecule has 0 aliphatic carbocycles. The summed E-state index contributed by atoms with van der Waals surface area (Å²) in [6, 6.07) is 7.04. The Bertz CT molecular complexity index is 573. The number of hydrogen-bond acceptors (Lipinski definition) is 2. The molecular formula is C13H14F3N3. The normalized spacial score (nSPS) is 11.8. The third kappa shape index (κ3) is 2.96. The maximum Gasteiger partial charge on any atom is 0.416 e. The highest BCUT2D eigenvalue weighted by molar-refractivity contribution is 5.61. The van der Waals surface area contributed by atoms with Gasteiger partial charge in [0.1, 0.15) is 0 Å². The maximum absolute atomic E-state index is 12.7. The lowest BCUT2D eigenvalue weighted by molar-refractivity contribution is -0.137. The fraction of sp³-hybridized carbons (Fsp3) is 0.308. The summed E-state index contributed by atoms with van der Waals surface area (Å²) in [4.78, 5) is 0. The Balaban J connectivity index is 2.42. The summed E-state index contributed by atoms with van der Waals surface area (Å²) in [6.07, 6.45) is -4.33. The molecule has 102 valence electrons. The molecule has 0 radical (unpaired) electrons. The predicted molar refractivity (Wildman–Crippen MR) is 66.4 cm³/mol. The molecule has 1 aromatic carbocycles. The zero-order valence-electron chi connectivity index (χ0n) is 10.6. The molecule has 0 fully saturated rings. The van der Waals surface area contributed by atoms with Crippen LogP contribution in [0, 0.1) is 0 Å². The first-order valence-corrected chi connectivity index (χ1v) is 5.77. The van der Waals surface area contributed by atoms with Crippen LogP contribution in [-0.4, -0.2) is 16.8 Å². The second-order valence-corrected chi connectivity index (χ2v) is 4.25. The lowest BCUT2D eigenvalue weighted by Gasteiger charge is -2.08. The number of halogens is 3. The van der Waals surface area contributed by atoms with Crippen LogP contribution in [0.5, 0.6) is 0 Å². The maximum atomic E-state index is 12.7. The average molecular weight is 269 g/mol. The molecule has 0 unspecified atom stereocenters. The van der Waals surface area contributed by atoms with E-state index in [2.05, 4.69) is 10.4 Å². The number of nitrogens with zero attached hydrogens (tertiary/aromatic N) is 2. The summed E-state index contributed by atoms with van der Waals surface area (Å²) < 4.78 is 39.6. The molecule has 1 aromatic heterocycles. The van der Waals surface area contributed by atoms with Gasteiger partial charge in [-0.05, 0) is 25.2 Å². The van der Waals surface area contributed by atoms with Crippen molar-refractivity contribution in [3.63, 3.8) is 0 Å². The zero-order chi connectivity index (χ0) is 14.0. The summed E-state index contributed by atoms with van der Waals surface area (Å²) >= 11 is 0. The predicted octanol–water partition coefficient (Wildman–Crippen LogP) is 2.83. The van der Waals surface area contributed by atoms with Crippen molar-refractivity contribution in [1.29, 1.82) is 0 Å². The smallest absolute Gasteiger partial charge is 0.314 e. The standard InChI is InChI=1S/C13H14F3N3/c1-17-8-11-7-12(19(2)18-11)9-4-3-5-10(6-9)13(14,15)16/h3-7,17H,8H2,1-2H3. The van der Waals surface area contributed by atoms with Crippen molar-refractivity contribution in [2.45, 2.75) is 12.7 Å². The zero-order valence-corrected chi connectivity index (χ0v) is 10.6. The van der Waals surface area contributed by atoms with Crippen molar-refractivity contribution < 1.29 is 13.2 Å². The molecule has 1 heterocycles. The minimum Gasteiger partial charge on any atom is -0.314 e. The minimum atomic E-state index is -4.33. The van der Waals surface area contributed by atoms with Gasteiger partial charge in [0.25, 0.3) is 0 Å². The lowest BCUT2D eigenvalue weighted by Crippen LogP contribution is -2.06. The van der Waals surface area contributed by atoms with E-state index in [4.69, 9.17) is 0 Å². The van der Waals surface area contributed by atoms with Crippen LogP contribution in [0.25, 0.3) is 11.3 Å². The van der Waals surface area contributed by atoms with Crippen LogP contribution >= 0.6 is 0 Å². The molecule has 0 bridgehead atoms. The molecule has 0 aliphatic heterocycles. The van der Waals surface area contributed by atoms with Crippen LogP contribution in [0.2, 0.25) is 0 Å². The van der Waals surface area contributed by atoms with Crippen molar-refractivity contribution in [1.82, 2.24) is 15.1 Å². The monoisotopic (exact) mass is 269 g/mol. The van der Waals surface area contributed by atoms with E-state index >= 15 is 0 Å². The van der Waals surface area contributed by atoms with E-state index in [0.717, 1.165) is 17.8 Å². The number of benzene rings is 1. The van der Waals surface area contributed by atoms with Gasteiger partial charge in [-0.3, -0.25) is 4.68 Å². The van der Waals surface area contributed by atoms with Gasteiger partial charge in [0.05, 0.1) is 17.0 Å². The highest BCUT2D eigenvalue weighted by atomic mass is 19.4. The van der Waals surface area contributed by atoms with E-state index in [9.17, 15) is 13.2 Å². The van der Waals surface area contributed by atoms with E-state index < -0.39 is 11.7 Å². The molecule has 0 spiro atoms. The summed E-state index contributed by atoms with van der Waals surface area (Å²) in [5.74, 6) is 0. The highest BCUT2D eigenvalue weighted by Crippen LogP contribution is 2.32. The lowest BCUT2D eigenvalue weighted by atomic mass is 10.1. The van der Waals surface area contributed by atoms with Gasteiger partial charge in [-0.25, -0.2) is 0 Å². The van der Waals surface area contributed by atoms with Gasteiger partial charge in [-0.15, -0.1) is 0 Å². The molecule has 1 N–H and O–H groups in total. The van der Waals surface area contributed by atoms with Gasteiger partial charge in [0, 0.05) is 19.2 Å². The molecule has 2 rings (SSSR count). The van der Waals surface area contributed by atoms with Crippen LogP contribution in [0.4, 0.5) is 13.2 Å².